The average molecular weight is 309 g/mol. The molecule has 3 aromatic rings. The maximum Gasteiger partial charge on any atom is 0.228 e. The Hall–Kier alpha value is -2.69. The number of pyridine rings is 1. The highest BCUT2D eigenvalue weighted by Gasteiger charge is 2.24. The van der Waals surface area contributed by atoms with Crippen LogP contribution in [0.5, 0.6) is 0 Å². The number of rotatable bonds is 2. The van der Waals surface area contributed by atoms with Crippen LogP contribution in [0, 0.1) is 5.82 Å². The van der Waals surface area contributed by atoms with Gasteiger partial charge in [-0.1, -0.05) is 13.8 Å². The Balaban J connectivity index is 2.00. The van der Waals surface area contributed by atoms with E-state index in [-0.39, 0.29) is 18.2 Å². The minimum absolute atomic E-state index is 0.171. The molecule has 0 radical (unpaired) electrons. The molecule has 2 aromatic heterocycles. The fraction of sp³-hybridized carbons (Fsp3) is 0.222. The molecule has 5 heteroatoms. The third-order valence-electron chi connectivity index (χ3n) is 4.21. The number of nitrogens with one attached hydrogen (secondary N) is 1. The van der Waals surface area contributed by atoms with Gasteiger partial charge in [0.05, 0.1) is 17.8 Å². The maximum atomic E-state index is 14.4. The first-order valence-electron chi connectivity index (χ1n) is 7.63. The molecule has 0 spiro atoms. The molecular weight excluding hydrogens is 293 g/mol. The van der Waals surface area contributed by atoms with Gasteiger partial charge in [-0.3, -0.25) is 9.36 Å². The molecular formula is C18H16FN3O. The largest absolute Gasteiger partial charge is 0.323 e. The Bertz CT molecular complexity index is 943. The number of fused-ring (bicyclic) bond motifs is 2. The second-order valence-corrected chi connectivity index (χ2v) is 6.16. The predicted molar refractivity (Wildman–Crippen MR) is 87.5 cm³/mol. The van der Waals surface area contributed by atoms with Gasteiger partial charge in [0.25, 0.3) is 0 Å². The van der Waals surface area contributed by atoms with Gasteiger partial charge in [-0.05, 0) is 35.7 Å². The van der Waals surface area contributed by atoms with Gasteiger partial charge >= 0.3 is 0 Å². The fourth-order valence-electron chi connectivity index (χ4n) is 3.16. The van der Waals surface area contributed by atoms with Crippen LogP contribution >= 0.6 is 0 Å². The summed E-state index contributed by atoms with van der Waals surface area (Å²) in [7, 11) is 0. The molecule has 0 aliphatic carbocycles. The number of hydrogen-bond acceptors (Lipinski definition) is 2. The van der Waals surface area contributed by atoms with Crippen molar-refractivity contribution in [3.05, 3.63) is 53.6 Å². The highest BCUT2D eigenvalue weighted by Crippen LogP contribution is 2.33. The van der Waals surface area contributed by atoms with Gasteiger partial charge in [0.15, 0.2) is 0 Å². The van der Waals surface area contributed by atoms with E-state index in [4.69, 9.17) is 0 Å². The van der Waals surface area contributed by atoms with E-state index >= 15 is 0 Å². The van der Waals surface area contributed by atoms with Crippen LogP contribution < -0.4 is 5.32 Å². The molecule has 0 saturated carbocycles. The molecule has 0 saturated heterocycles. The highest BCUT2D eigenvalue weighted by molar-refractivity contribution is 5.99. The quantitative estimate of drug-likeness (QED) is 0.783. The number of benzene rings is 1. The molecule has 23 heavy (non-hydrogen) atoms. The molecule has 1 N–H and O–H groups in total. The number of carbonyl (C=O) groups is 1. The monoisotopic (exact) mass is 309 g/mol. The summed E-state index contributed by atoms with van der Waals surface area (Å²) in [5.41, 5.74) is 3.56. The van der Waals surface area contributed by atoms with Crippen molar-refractivity contribution in [2.24, 2.45) is 0 Å². The summed E-state index contributed by atoms with van der Waals surface area (Å²) in [5.74, 6) is -0.313. The van der Waals surface area contributed by atoms with Crippen LogP contribution in [0.4, 0.5) is 10.1 Å². The van der Waals surface area contributed by atoms with Crippen LogP contribution in [-0.2, 0) is 11.2 Å². The van der Waals surface area contributed by atoms with Gasteiger partial charge in [0.2, 0.25) is 5.91 Å². The number of anilines is 1. The maximum absolute atomic E-state index is 14.4. The summed E-state index contributed by atoms with van der Waals surface area (Å²) in [6.45, 7) is 4.19. The van der Waals surface area contributed by atoms with E-state index in [1.54, 1.807) is 6.20 Å². The number of amides is 1. The molecule has 0 atom stereocenters. The van der Waals surface area contributed by atoms with E-state index < -0.39 is 5.82 Å². The van der Waals surface area contributed by atoms with Gasteiger partial charge in [0, 0.05) is 23.3 Å². The van der Waals surface area contributed by atoms with E-state index in [0.717, 1.165) is 16.7 Å². The van der Waals surface area contributed by atoms with Crippen molar-refractivity contribution in [2.45, 2.75) is 26.2 Å². The lowest BCUT2D eigenvalue weighted by molar-refractivity contribution is -0.115. The lowest BCUT2D eigenvalue weighted by Crippen LogP contribution is -2.05. The Labute approximate surface area is 133 Å². The Morgan fingerprint density at radius 3 is 2.91 bits per heavy atom. The van der Waals surface area contributed by atoms with Gasteiger partial charge in [-0.25, -0.2) is 9.37 Å². The van der Waals surface area contributed by atoms with E-state index in [9.17, 15) is 9.18 Å². The third kappa shape index (κ3) is 2.11. The minimum atomic E-state index is -0.407. The van der Waals surface area contributed by atoms with Crippen molar-refractivity contribution in [3.8, 4) is 5.69 Å². The number of hydrogen-bond donors (Lipinski definition) is 1. The Kier molecular flexibility index (Phi) is 2.98. The van der Waals surface area contributed by atoms with Crippen molar-refractivity contribution >= 4 is 22.6 Å². The average Bonchev–Trinajstić information content (AvgIpc) is 3.07. The first kappa shape index (κ1) is 13.9. The summed E-state index contributed by atoms with van der Waals surface area (Å²) in [6.07, 6.45) is 1.95. The SMILES string of the molecule is CC(C)c1cc2cccnc2n1-c1cc(F)c2c(c1)CC(=O)N2. The molecule has 1 aliphatic rings. The van der Waals surface area contributed by atoms with Gasteiger partial charge in [-0.15, -0.1) is 0 Å². The zero-order valence-corrected chi connectivity index (χ0v) is 12.9. The van der Waals surface area contributed by atoms with Gasteiger partial charge in [0.1, 0.15) is 11.5 Å². The lowest BCUT2D eigenvalue weighted by atomic mass is 10.1. The summed E-state index contributed by atoms with van der Waals surface area (Å²) in [6, 6.07) is 9.31. The van der Waals surface area contributed by atoms with Crippen molar-refractivity contribution in [1.29, 1.82) is 0 Å². The van der Waals surface area contributed by atoms with Crippen LogP contribution in [-0.4, -0.2) is 15.5 Å². The summed E-state index contributed by atoms with van der Waals surface area (Å²) in [4.78, 5) is 16.0. The molecule has 1 amide bonds. The molecule has 0 fully saturated rings. The van der Waals surface area contributed by atoms with Crippen LogP contribution in [0.3, 0.4) is 0 Å². The van der Waals surface area contributed by atoms with E-state index in [1.165, 1.54) is 6.07 Å². The zero-order chi connectivity index (χ0) is 16.1. The standard InChI is InChI=1S/C18H16FN3O/c1-10(2)15-7-11-4-3-5-20-18(11)22(15)13-6-12-8-16(23)21-17(12)14(19)9-13/h3-7,9-10H,8H2,1-2H3,(H,21,23). The predicted octanol–water partition coefficient (Wildman–Crippen LogP) is 3.78. The Morgan fingerprint density at radius 1 is 1.30 bits per heavy atom. The van der Waals surface area contributed by atoms with Crippen molar-refractivity contribution in [1.82, 2.24) is 9.55 Å². The molecule has 1 aliphatic heterocycles. The van der Waals surface area contributed by atoms with Crippen LogP contribution in [0.15, 0.2) is 36.5 Å². The van der Waals surface area contributed by atoms with Crippen molar-refractivity contribution in [3.63, 3.8) is 0 Å². The highest BCUT2D eigenvalue weighted by atomic mass is 19.1. The molecule has 4 rings (SSSR count). The smallest absolute Gasteiger partial charge is 0.228 e. The van der Waals surface area contributed by atoms with Crippen LogP contribution in [0.1, 0.15) is 31.0 Å². The first-order valence-corrected chi connectivity index (χ1v) is 7.63. The summed E-state index contributed by atoms with van der Waals surface area (Å²) in [5, 5.41) is 3.59. The second kappa shape index (κ2) is 4.91. The zero-order valence-electron chi connectivity index (χ0n) is 12.9. The van der Waals surface area contributed by atoms with E-state index in [0.29, 0.717) is 16.9 Å². The molecule has 3 heterocycles. The molecule has 0 bridgehead atoms. The fourth-order valence-corrected chi connectivity index (χ4v) is 3.16. The molecule has 116 valence electrons. The van der Waals surface area contributed by atoms with E-state index in [1.807, 2.05) is 22.8 Å². The molecule has 0 unspecified atom stereocenters. The lowest BCUT2D eigenvalue weighted by Gasteiger charge is -2.14. The number of carbonyl (C=O) groups excluding carboxylic acids is 1. The van der Waals surface area contributed by atoms with Gasteiger partial charge in [-0.2, -0.15) is 0 Å². The minimum Gasteiger partial charge on any atom is -0.323 e. The number of halogens is 1. The van der Waals surface area contributed by atoms with Crippen molar-refractivity contribution < 1.29 is 9.18 Å². The molecule has 4 nitrogen and oxygen atoms in total. The van der Waals surface area contributed by atoms with E-state index in [2.05, 4.69) is 30.2 Å². The van der Waals surface area contributed by atoms with Gasteiger partial charge < -0.3 is 5.32 Å². The Morgan fingerprint density at radius 2 is 2.13 bits per heavy atom. The van der Waals surface area contributed by atoms with Crippen molar-refractivity contribution in [2.75, 3.05) is 5.32 Å². The summed E-state index contributed by atoms with van der Waals surface area (Å²) >= 11 is 0. The number of nitrogens with zero attached hydrogens (tertiary/aromatic N) is 2. The number of aromatic nitrogens is 2. The second-order valence-electron chi connectivity index (χ2n) is 6.16. The van der Waals surface area contributed by atoms with Crippen LogP contribution in [0.25, 0.3) is 16.7 Å². The first-order chi connectivity index (χ1) is 11.0. The summed E-state index contributed by atoms with van der Waals surface area (Å²) < 4.78 is 16.4. The normalized spacial score (nSPS) is 13.7. The van der Waals surface area contributed by atoms with Crippen LogP contribution in [0.2, 0.25) is 0 Å². The molecule has 1 aromatic carbocycles. The third-order valence-corrected chi connectivity index (χ3v) is 4.21. The topological polar surface area (TPSA) is 46.9 Å².